The highest BCUT2D eigenvalue weighted by molar-refractivity contribution is 5.85. The molecule has 1 fully saturated rings. The van der Waals surface area contributed by atoms with Crippen molar-refractivity contribution in [3.8, 4) is 5.75 Å². The summed E-state index contributed by atoms with van der Waals surface area (Å²) in [4.78, 5) is 6.67. The SMILES string of the molecule is COc1ccc2ncc(CN)c([C@H](F)CCC3(CO)CCN(CCNc4cc(F)cc(F)c4)CC3)c2c1. The molecule has 1 aliphatic heterocycles. The summed E-state index contributed by atoms with van der Waals surface area (Å²) in [5, 5.41) is 14.0. The first-order valence-corrected chi connectivity index (χ1v) is 12.7. The molecule has 3 aromatic rings. The summed E-state index contributed by atoms with van der Waals surface area (Å²) >= 11 is 0. The molecule has 9 heteroatoms. The molecule has 6 nitrogen and oxygen atoms in total. The largest absolute Gasteiger partial charge is 0.497 e. The van der Waals surface area contributed by atoms with Gasteiger partial charge >= 0.3 is 0 Å². The summed E-state index contributed by atoms with van der Waals surface area (Å²) in [7, 11) is 1.57. The first-order valence-electron chi connectivity index (χ1n) is 12.7. The Hall–Kier alpha value is -2.88. The molecule has 0 spiro atoms. The molecule has 0 unspecified atom stereocenters. The number of nitrogens with two attached hydrogens (primary N) is 1. The van der Waals surface area contributed by atoms with Crippen LogP contribution in [0.25, 0.3) is 10.9 Å². The van der Waals surface area contributed by atoms with Gasteiger partial charge in [-0.2, -0.15) is 0 Å². The lowest BCUT2D eigenvalue weighted by Gasteiger charge is -2.41. The number of hydrogen-bond donors (Lipinski definition) is 3. The molecule has 0 aliphatic carbocycles. The van der Waals surface area contributed by atoms with E-state index in [1.54, 1.807) is 25.4 Å². The van der Waals surface area contributed by atoms with Crippen LogP contribution >= 0.6 is 0 Å². The number of benzene rings is 2. The standard InChI is InChI=1S/C28H35F3N4O2/c1-37-23-2-3-26-24(15-23)27(19(16-32)17-34-26)25(31)4-5-28(18-36)6-9-35(10-7-28)11-8-33-22-13-20(29)12-21(30)14-22/h2-3,12-15,17,25,33,36H,4-11,16,18,32H2,1H3/t25-/m1/s1. The minimum Gasteiger partial charge on any atom is -0.497 e. The van der Waals surface area contributed by atoms with Gasteiger partial charge < -0.3 is 25.8 Å². The summed E-state index contributed by atoms with van der Waals surface area (Å²) in [6.45, 7) is 2.97. The van der Waals surface area contributed by atoms with Crippen LogP contribution < -0.4 is 15.8 Å². The number of piperidine rings is 1. The summed E-state index contributed by atoms with van der Waals surface area (Å²) in [6.07, 6.45) is 2.73. The van der Waals surface area contributed by atoms with Crippen LogP contribution in [0, 0.1) is 17.0 Å². The van der Waals surface area contributed by atoms with Gasteiger partial charge in [0.2, 0.25) is 0 Å². The van der Waals surface area contributed by atoms with E-state index in [2.05, 4.69) is 15.2 Å². The topological polar surface area (TPSA) is 83.6 Å². The van der Waals surface area contributed by atoms with E-state index in [0.29, 0.717) is 53.0 Å². The van der Waals surface area contributed by atoms with Crippen molar-refractivity contribution in [2.24, 2.45) is 11.1 Å². The Balaban J connectivity index is 1.35. The second-order valence-corrected chi connectivity index (χ2v) is 9.88. The number of nitrogens with one attached hydrogen (secondary N) is 1. The van der Waals surface area contributed by atoms with Crippen LogP contribution in [0.4, 0.5) is 18.9 Å². The average molecular weight is 517 g/mol. The monoisotopic (exact) mass is 516 g/mol. The number of ether oxygens (including phenoxy) is 1. The van der Waals surface area contributed by atoms with E-state index in [-0.39, 0.29) is 25.0 Å². The number of pyridine rings is 1. The Kier molecular flexibility index (Phi) is 8.89. The fourth-order valence-corrected chi connectivity index (χ4v) is 5.22. The van der Waals surface area contributed by atoms with Gasteiger partial charge in [0.15, 0.2) is 0 Å². The Labute approximate surface area is 215 Å². The molecule has 0 bridgehead atoms. The maximum Gasteiger partial charge on any atom is 0.128 e. The number of halogens is 3. The summed E-state index contributed by atoms with van der Waals surface area (Å²) in [5.41, 5.74) is 7.90. The Bertz CT molecular complexity index is 1180. The fourth-order valence-electron chi connectivity index (χ4n) is 5.22. The van der Waals surface area contributed by atoms with Gasteiger partial charge in [-0.1, -0.05) is 0 Å². The van der Waals surface area contributed by atoms with Crippen LogP contribution in [0.2, 0.25) is 0 Å². The molecule has 1 atom stereocenters. The minimum atomic E-state index is -1.24. The second-order valence-electron chi connectivity index (χ2n) is 9.88. The molecule has 1 aliphatic rings. The quantitative estimate of drug-likeness (QED) is 0.334. The van der Waals surface area contributed by atoms with Crippen molar-refractivity contribution >= 4 is 16.6 Å². The van der Waals surface area contributed by atoms with Gasteiger partial charge in [0.25, 0.3) is 0 Å². The number of anilines is 1. The molecule has 37 heavy (non-hydrogen) atoms. The number of likely N-dealkylation sites (tertiary alicyclic amines) is 1. The predicted molar refractivity (Wildman–Crippen MR) is 139 cm³/mol. The van der Waals surface area contributed by atoms with Gasteiger partial charge in [-0.15, -0.1) is 0 Å². The highest BCUT2D eigenvalue weighted by Crippen LogP contribution is 2.41. The van der Waals surface area contributed by atoms with E-state index < -0.39 is 17.8 Å². The van der Waals surface area contributed by atoms with E-state index in [1.165, 1.54) is 12.1 Å². The number of fused-ring (bicyclic) bond motifs is 1. The highest BCUT2D eigenvalue weighted by atomic mass is 19.1. The number of rotatable bonds is 11. The number of nitrogens with zero attached hydrogens (tertiary/aromatic N) is 2. The van der Waals surface area contributed by atoms with Crippen molar-refractivity contribution in [1.29, 1.82) is 0 Å². The van der Waals surface area contributed by atoms with E-state index in [0.717, 1.165) is 32.0 Å². The van der Waals surface area contributed by atoms with Crippen LogP contribution in [0.15, 0.2) is 42.6 Å². The first-order chi connectivity index (χ1) is 17.9. The smallest absolute Gasteiger partial charge is 0.128 e. The molecule has 200 valence electrons. The van der Waals surface area contributed by atoms with Crippen molar-refractivity contribution in [1.82, 2.24) is 9.88 Å². The third kappa shape index (κ3) is 6.52. The average Bonchev–Trinajstić information content (AvgIpc) is 2.91. The van der Waals surface area contributed by atoms with Crippen molar-refractivity contribution in [2.75, 3.05) is 45.2 Å². The lowest BCUT2D eigenvalue weighted by atomic mass is 9.74. The first kappa shape index (κ1) is 27.2. The Morgan fingerprint density at radius 3 is 2.54 bits per heavy atom. The maximum absolute atomic E-state index is 15.8. The van der Waals surface area contributed by atoms with Gasteiger partial charge in [0.1, 0.15) is 23.6 Å². The van der Waals surface area contributed by atoms with E-state index >= 15 is 4.39 Å². The van der Waals surface area contributed by atoms with Crippen LogP contribution in [0.5, 0.6) is 5.75 Å². The minimum absolute atomic E-state index is 0.00302. The number of alkyl halides is 1. The lowest BCUT2D eigenvalue weighted by molar-refractivity contribution is 0.0315. The lowest BCUT2D eigenvalue weighted by Crippen LogP contribution is -2.43. The fraction of sp³-hybridized carbons (Fsp3) is 0.464. The molecule has 4 rings (SSSR count). The molecular weight excluding hydrogens is 481 g/mol. The summed E-state index contributed by atoms with van der Waals surface area (Å²) in [6, 6.07) is 8.79. The van der Waals surface area contributed by atoms with Gasteiger partial charge in [-0.05, 0) is 80.1 Å². The molecule has 2 heterocycles. The van der Waals surface area contributed by atoms with Gasteiger partial charge in [-0.3, -0.25) is 4.98 Å². The number of aliphatic hydroxyl groups excluding tert-OH is 1. The van der Waals surface area contributed by atoms with Crippen LogP contribution in [0.3, 0.4) is 0 Å². The van der Waals surface area contributed by atoms with E-state index in [9.17, 15) is 13.9 Å². The number of aliphatic hydroxyl groups is 1. The Morgan fingerprint density at radius 1 is 1.16 bits per heavy atom. The predicted octanol–water partition coefficient (Wildman–Crippen LogP) is 4.96. The summed E-state index contributed by atoms with van der Waals surface area (Å²) in [5.74, 6) is -0.596. The van der Waals surface area contributed by atoms with Crippen molar-refractivity contribution in [3.05, 3.63) is 65.4 Å². The van der Waals surface area contributed by atoms with Gasteiger partial charge in [0, 0.05) is 55.1 Å². The zero-order valence-electron chi connectivity index (χ0n) is 21.2. The molecule has 2 aromatic carbocycles. The molecule has 1 saturated heterocycles. The molecule has 0 saturated carbocycles. The van der Waals surface area contributed by atoms with Crippen LogP contribution in [-0.4, -0.2) is 54.9 Å². The van der Waals surface area contributed by atoms with Crippen LogP contribution in [0.1, 0.15) is 43.0 Å². The maximum atomic E-state index is 15.8. The second kappa shape index (κ2) is 12.1. The molecule has 1 aromatic heterocycles. The summed E-state index contributed by atoms with van der Waals surface area (Å²) < 4.78 is 47.9. The van der Waals surface area contributed by atoms with Gasteiger partial charge in [-0.25, -0.2) is 13.2 Å². The van der Waals surface area contributed by atoms with Crippen molar-refractivity contribution in [2.45, 2.75) is 38.4 Å². The highest BCUT2D eigenvalue weighted by Gasteiger charge is 2.35. The normalized spacial score (nSPS) is 16.6. The third-order valence-corrected chi connectivity index (χ3v) is 7.53. The Morgan fingerprint density at radius 2 is 1.89 bits per heavy atom. The zero-order valence-corrected chi connectivity index (χ0v) is 21.2. The zero-order chi connectivity index (χ0) is 26.4. The van der Waals surface area contributed by atoms with E-state index in [4.69, 9.17) is 10.5 Å². The number of methoxy groups -OCH3 is 1. The van der Waals surface area contributed by atoms with Crippen molar-refractivity contribution in [3.63, 3.8) is 0 Å². The molecule has 4 N–H and O–H groups in total. The molecule has 0 radical (unpaired) electrons. The number of hydrogen-bond acceptors (Lipinski definition) is 6. The molecular formula is C28H35F3N4O2. The van der Waals surface area contributed by atoms with Crippen LogP contribution in [-0.2, 0) is 6.54 Å². The number of aromatic nitrogens is 1. The third-order valence-electron chi connectivity index (χ3n) is 7.53. The van der Waals surface area contributed by atoms with Crippen molar-refractivity contribution < 1.29 is 23.0 Å². The van der Waals surface area contributed by atoms with E-state index in [1.807, 2.05) is 6.07 Å². The molecule has 0 amide bonds. The van der Waals surface area contributed by atoms with Gasteiger partial charge in [0.05, 0.1) is 12.6 Å².